The van der Waals surface area contributed by atoms with Gasteiger partial charge in [-0.25, -0.2) is 9.69 Å². The van der Waals surface area contributed by atoms with Crippen LogP contribution in [-0.4, -0.2) is 12.7 Å². The van der Waals surface area contributed by atoms with Crippen molar-refractivity contribution in [2.24, 2.45) is 0 Å². The smallest absolute Gasteiger partial charge is 0.420 e. The highest BCUT2D eigenvalue weighted by Crippen LogP contribution is 2.39. The van der Waals surface area contributed by atoms with Crippen LogP contribution >= 0.6 is 54.5 Å². The van der Waals surface area contributed by atoms with Gasteiger partial charge in [0.05, 0.1) is 14.2 Å². The maximum absolute atomic E-state index is 12.0. The third-order valence-corrected chi connectivity index (χ3v) is 5.23. The third kappa shape index (κ3) is 3.14. The fourth-order valence-electron chi connectivity index (χ4n) is 1.33. The molecule has 0 unspecified atom stereocenters. The van der Waals surface area contributed by atoms with Gasteiger partial charge in [0, 0.05) is 0 Å². The molecule has 0 aliphatic heterocycles. The Hall–Kier alpha value is -0.370. The Morgan fingerprint density at radius 3 is 2.00 bits per heavy atom. The molecule has 2 aromatic rings. The summed E-state index contributed by atoms with van der Waals surface area (Å²) < 4.78 is 7.05. The van der Waals surface area contributed by atoms with Gasteiger partial charge in [-0.3, -0.25) is 0 Å². The molecule has 2 rings (SSSR count). The summed E-state index contributed by atoms with van der Waals surface area (Å²) in [5.74, 6) is 0. The fourth-order valence-corrected chi connectivity index (χ4v) is 4.12. The number of hydrogen-bond acceptors (Lipinski definition) is 4. The predicted molar refractivity (Wildman–Crippen MR) is 83.2 cm³/mol. The van der Waals surface area contributed by atoms with Crippen molar-refractivity contribution in [1.82, 2.24) is 0 Å². The van der Waals surface area contributed by atoms with Crippen molar-refractivity contribution in [2.45, 2.75) is 6.92 Å². The van der Waals surface area contributed by atoms with E-state index in [1.54, 1.807) is 11.8 Å². The summed E-state index contributed by atoms with van der Waals surface area (Å²) >= 11 is 9.77. The van der Waals surface area contributed by atoms with Gasteiger partial charge >= 0.3 is 6.09 Å². The Morgan fingerprint density at radius 1 is 1.17 bits per heavy atom. The van der Waals surface area contributed by atoms with Crippen LogP contribution < -0.4 is 4.90 Å². The fraction of sp³-hybridized carbons (Fsp3) is 0.182. The molecule has 2 heterocycles. The molecule has 0 fully saturated rings. The average Bonchev–Trinajstić information content (AvgIpc) is 2.90. The maximum Gasteiger partial charge on any atom is 0.420 e. The number of hydrogen-bond donors (Lipinski definition) is 0. The Kier molecular flexibility index (Phi) is 4.83. The second kappa shape index (κ2) is 6.18. The number of carbonyl (C=O) groups excluding carboxylic acids is 1. The Labute approximate surface area is 130 Å². The zero-order valence-corrected chi connectivity index (χ0v) is 14.2. The van der Waals surface area contributed by atoms with Crippen LogP contribution in [0.1, 0.15) is 6.92 Å². The number of halogens is 2. The molecule has 0 spiro atoms. The van der Waals surface area contributed by atoms with Crippen LogP contribution in [0.2, 0.25) is 0 Å². The van der Waals surface area contributed by atoms with Gasteiger partial charge < -0.3 is 4.74 Å². The predicted octanol–water partition coefficient (Wildman–Crippen LogP) is 5.63. The lowest BCUT2D eigenvalue weighted by Gasteiger charge is -2.17. The normalized spacial score (nSPS) is 10.4. The first-order chi connectivity index (χ1) is 8.61. The van der Waals surface area contributed by atoms with E-state index in [0.717, 1.165) is 17.6 Å². The van der Waals surface area contributed by atoms with Gasteiger partial charge in [0.15, 0.2) is 0 Å². The van der Waals surface area contributed by atoms with Crippen LogP contribution in [0.5, 0.6) is 0 Å². The molecule has 0 saturated carbocycles. The molecule has 7 heteroatoms. The topological polar surface area (TPSA) is 29.5 Å². The highest BCUT2D eigenvalue weighted by molar-refractivity contribution is 9.11. The Balaban J connectivity index is 2.37. The molecular weight excluding hydrogens is 402 g/mol. The minimum absolute atomic E-state index is 0.356. The van der Waals surface area contributed by atoms with E-state index in [2.05, 4.69) is 31.9 Å². The number of thiophene rings is 2. The van der Waals surface area contributed by atoms with Crippen molar-refractivity contribution in [3.05, 3.63) is 31.8 Å². The van der Waals surface area contributed by atoms with E-state index >= 15 is 0 Å². The Bertz CT molecular complexity index is 512. The zero-order chi connectivity index (χ0) is 13.1. The standard InChI is InChI=1S/C11H9Br2NO2S2/c1-2-16-11(15)14(9-5-3-7(12)17-9)10-6-4-8(13)18-10/h3-6H,2H2,1H3. The van der Waals surface area contributed by atoms with Gasteiger partial charge in [-0.2, -0.15) is 0 Å². The second-order valence-corrected chi connectivity index (χ2v) is 8.07. The first-order valence-corrected chi connectivity index (χ1v) is 8.31. The van der Waals surface area contributed by atoms with Crippen molar-refractivity contribution in [3.63, 3.8) is 0 Å². The summed E-state index contributed by atoms with van der Waals surface area (Å²) in [5, 5.41) is 1.66. The monoisotopic (exact) mass is 409 g/mol. The van der Waals surface area contributed by atoms with Crippen LogP contribution in [0.25, 0.3) is 0 Å². The van der Waals surface area contributed by atoms with E-state index in [4.69, 9.17) is 4.74 Å². The largest absolute Gasteiger partial charge is 0.449 e. The number of rotatable bonds is 3. The average molecular weight is 411 g/mol. The Morgan fingerprint density at radius 2 is 1.67 bits per heavy atom. The molecule has 96 valence electrons. The lowest BCUT2D eigenvalue weighted by Crippen LogP contribution is -2.25. The highest BCUT2D eigenvalue weighted by atomic mass is 79.9. The van der Waals surface area contributed by atoms with E-state index in [9.17, 15) is 4.79 Å². The number of nitrogens with zero attached hydrogens (tertiary/aromatic N) is 1. The van der Waals surface area contributed by atoms with Gasteiger partial charge in [0.25, 0.3) is 0 Å². The minimum atomic E-state index is -0.360. The first kappa shape index (κ1) is 14.0. The number of amides is 1. The van der Waals surface area contributed by atoms with E-state index < -0.39 is 0 Å². The lowest BCUT2D eigenvalue weighted by atomic mass is 10.5. The lowest BCUT2D eigenvalue weighted by molar-refractivity contribution is 0.163. The van der Waals surface area contributed by atoms with Crippen molar-refractivity contribution in [2.75, 3.05) is 11.5 Å². The second-order valence-electron chi connectivity index (χ2n) is 3.19. The van der Waals surface area contributed by atoms with Crippen molar-refractivity contribution in [3.8, 4) is 0 Å². The first-order valence-electron chi connectivity index (χ1n) is 5.09. The quantitative estimate of drug-likeness (QED) is 0.656. The molecule has 0 aliphatic carbocycles. The summed E-state index contributed by atoms with van der Waals surface area (Å²) in [6.45, 7) is 2.15. The maximum atomic E-state index is 12.0. The van der Waals surface area contributed by atoms with Gasteiger partial charge in [-0.15, -0.1) is 22.7 Å². The minimum Gasteiger partial charge on any atom is -0.449 e. The molecule has 0 N–H and O–H groups in total. The molecule has 0 atom stereocenters. The van der Waals surface area contributed by atoms with Crippen LogP contribution in [0.15, 0.2) is 31.8 Å². The van der Waals surface area contributed by atoms with E-state index in [0.29, 0.717) is 6.61 Å². The molecule has 0 aromatic carbocycles. The summed E-state index contributed by atoms with van der Waals surface area (Å²) in [5.41, 5.74) is 0. The van der Waals surface area contributed by atoms with E-state index in [1.807, 2.05) is 24.3 Å². The SMILES string of the molecule is CCOC(=O)N(c1ccc(Br)s1)c1ccc(Br)s1. The van der Waals surface area contributed by atoms with Gasteiger partial charge in [0.1, 0.15) is 10.0 Å². The molecule has 0 radical (unpaired) electrons. The molecule has 0 aliphatic rings. The number of carbonyl (C=O) groups is 1. The van der Waals surface area contributed by atoms with Gasteiger partial charge in [-0.05, 0) is 63.0 Å². The van der Waals surface area contributed by atoms with Crippen molar-refractivity contribution >= 4 is 70.6 Å². The summed E-state index contributed by atoms with van der Waals surface area (Å²) in [7, 11) is 0. The van der Waals surface area contributed by atoms with Crippen molar-refractivity contribution in [1.29, 1.82) is 0 Å². The van der Waals surface area contributed by atoms with Crippen LogP contribution in [0.4, 0.5) is 14.8 Å². The molecule has 2 aromatic heterocycles. The molecule has 0 saturated heterocycles. The van der Waals surface area contributed by atoms with Gasteiger partial charge in [-0.1, -0.05) is 0 Å². The molecule has 0 bridgehead atoms. The number of anilines is 2. The molecule has 1 amide bonds. The molecule has 18 heavy (non-hydrogen) atoms. The van der Waals surface area contributed by atoms with E-state index in [-0.39, 0.29) is 6.09 Å². The van der Waals surface area contributed by atoms with E-state index in [1.165, 1.54) is 22.7 Å². The summed E-state index contributed by atoms with van der Waals surface area (Å²) in [4.78, 5) is 13.6. The summed E-state index contributed by atoms with van der Waals surface area (Å²) in [6, 6.07) is 7.60. The van der Waals surface area contributed by atoms with Crippen molar-refractivity contribution < 1.29 is 9.53 Å². The molecule has 3 nitrogen and oxygen atoms in total. The number of ether oxygens (including phenoxy) is 1. The van der Waals surface area contributed by atoms with Crippen LogP contribution in [-0.2, 0) is 4.74 Å². The highest BCUT2D eigenvalue weighted by Gasteiger charge is 2.22. The van der Waals surface area contributed by atoms with Crippen LogP contribution in [0, 0.1) is 0 Å². The third-order valence-electron chi connectivity index (χ3n) is 2.01. The van der Waals surface area contributed by atoms with Gasteiger partial charge in [0.2, 0.25) is 0 Å². The zero-order valence-electron chi connectivity index (χ0n) is 9.35. The molecular formula is C11H9Br2NO2S2. The van der Waals surface area contributed by atoms with Crippen LogP contribution in [0.3, 0.4) is 0 Å². The summed E-state index contributed by atoms with van der Waals surface area (Å²) in [6.07, 6.45) is -0.360.